The molecule has 20 heavy (non-hydrogen) atoms. The van der Waals surface area contributed by atoms with Crippen LogP contribution in [0.2, 0.25) is 0 Å². The zero-order chi connectivity index (χ0) is 14.5. The van der Waals surface area contributed by atoms with E-state index in [4.69, 9.17) is 4.74 Å². The van der Waals surface area contributed by atoms with Crippen LogP contribution in [0.4, 0.5) is 5.69 Å². The summed E-state index contributed by atoms with van der Waals surface area (Å²) in [6.45, 7) is 3.74. The van der Waals surface area contributed by atoms with Crippen LogP contribution in [0.3, 0.4) is 0 Å². The number of benzene rings is 1. The predicted molar refractivity (Wildman–Crippen MR) is 81.6 cm³/mol. The van der Waals surface area contributed by atoms with Crippen LogP contribution in [0.1, 0.15) is 11.9 Å². The number of nitrogens with one attached hydrogen (secondary N) is 1. The van der Waals surface area contributed by atoms with Crippen LogP contribution in [0.5, 0.6) is 5.75 Å². The van der Waals surface area contributed by atoms with Crippen molar-refractivity contribution in [2.75, 3.05) is 12.4 Å². The van der Waals surface area contributed by atoms with E-state index in [9.17, 15) is 4.79 Å². The minimum Gasteiger partial charge on any atom is -0.497 e. The van der Waals surface area contributed by atoms with Crippen molar-refractivity contribution >= 4 is 34.7 Å². The standard InChI is InChI=1S/C13H15N3O2S2/c1-8(19-13-16-15-9(2)20-13)12(17)14-10-4-6-11(18-3)7-5-10/h4-8H,1-3H3,(H,14,17)/t8-/m0/s1. The van der Waals surface area contributed by atoms with Crippen LogP contribution in [0, 0.1) is 6.92 Å². The van der Waals surface area contributed by atoms with E-state index in [1.54, 1.807) is 7.11 Å². The maximum absolute atomic E-state index is 12.1. The highest BCUT2D eigenvalue weighted by Gasteiger charge is 2.16. The second kappa shape index (κ2) is 6.71. The molecule has 1 N–H and O–H groups in total. The topological polar surface area (TPSA) is 64.1 Å². The van der Waals surface area contributed by atoms with Crippen molar-refractivity contribution in [3.05, 3.63) is 29.3 Å². The fourth-order valence-corrected chi connectivity index (χ4v) is 3.41. The molecule has 0 bridgehead atoms. The third kappa shape index (κ3) is 3.94. The lowest BCUT2D eigenvalue weighted by Gasteiger charge is -2.10. The van der Waals surface area contributed by atoms with E-state index >= 15 is 0 Å². The lowest BCUT2D eigenvalue weighted by Crippen LogP contribution is -2.22. The summed E-state index contributed by atoms with van der Waals surface area (Å²) < 4.78 is 5.88. The maximum atomic E-state index is 12.1. The van der Waals surface area contributed by atoms with Crippen LogP contribution in [-0.2, 0) is 4.79 Å². The van der Waals surface area contributed by atoms with E-state index in [-0.39, 0.29) is 11.2 Å². The molecule has 1 aromatic heterocycles. The summed E-state index contributed by atoms with van der Waals surface area (Å²) >= 11 is 2.90. The number of rotatable bonds is 5. The van der Waals surface area contributed by atoms with Gasteiger partial charge in [-0.05, 0) is 38.1 Å². The molecule has 0 spiro atoms. The molecule has 5 nitrogen and oxygen atoms in total. The van der Waals surface area contributed by atoms with Crippen LogP contribution < -0.4 is 10.1 Å². The van der Waals surface area contributed by atoms with Gasteiger partial charge in [-0.1, -0.05) is 23.1 Å². The Morgan fingerprint density at radius 3 is 2.60 bits per heavy atom. The highest BCUT2D eigenvalue weighted by Crippen LogP contribution is 2.27. The van der Waals surface area contributed by atoms with Crippen molar-refractivity contribution in [3.63, 3.8) is 0 Å². The smallest absolute Gasteiger partial charge is 0.237 e. The van der Waals surface area contributed by atoms with E-state index in [0.29, 0.717) is 0 Å². The number of hydrogen-bond donors (Lipinski definition) is 1. The van der Waals surface area contributed by atoms with Gasteiger partial charge in [0.05, 0.1) is 12.4 Å². The molecule has 0 fully saturated rings. The van der Waals surface area contributed by atoms with Crippen molar-refractivity contribution in [2.45, 2.75) is 23.4 Å². The molecule has 106 valence electrons. The Bertz CT molecular complexity index is 584. The number of amides is 1. The van der Waals surface area contributed by atoms with Crippen molar-refractivity contribution in [3.8, 4) is 5.75 Å². The van der Waals surface area contributed by atoms with Gasteiger partial charge in [-0.3, -0.25) is 4.79 Å². The molecule has 0 aliphatic carbocycles. The number of nitrogens with zero attached hydrogens (tertiary/aromatic N) is 2. The third-order valence-corrected chi connectivity index (χ3v) is 4.53. The zero-order valence-corrected chi connectivity index (χ0v) is 13.0. The Balaban J connectivity index is 1.93. The molecule has 2 aromatic rings. The van der Waals surface area contributed by atoms with E-state index in [1.807, 2.05) is 38.1 Å². The van der Waals surface area contributed by atoms with Gasteiger partial charge in [0.1, 0.15) is 10.8 Å². The van der Waals surface area contributed by atoms with Crippen molar-refractivity contribution in [2.24, 2.45) is 0 Å². The number of anilines is 1. The van der Waals surface area contributed by atoms with Gasteiger partial charge in [0.15, 0.2) is 4.34 Å². The highest BCUT2D eigenvalue weighted by atomic mass is 32.2. The Hall–Kier alpha value is -1.60. The summed E-state index contributed by atoms with van der Waals surface area (Å²) in [7, 11) is 1.61. The Morgan fingerprint density at radius 1 is 1.35 bits per heavy atom. The minimum atomic E-state index is -0.232. The molecule has 0 aliphatic rings. The first-order valence-electron chi connectivity index (χ1n) is 6.00. The number of carbonyl (C=O) groups excluding carboxylic acids is 1. The summed E-state index contributed by atoms with van der Waals surface area (Å²) in [6, 6.07) is 7.23. The molecule has 1 aromatic carbocycles. The summed E-state index contributed by atoms with van der Waals surface area (Å²) in [5, 5.41) is 11.5. The first kappa shape index (κ1) is 14.8. The van der Waals surface area contributed by atoms with Gasteiger partial charge in [0.25, 0.3) is 0 Å². The average Bonchev–Trinajstić information content (AvgIpc) is 2.85. The number of thioether (sulfide) groups is 1. The van der Waals surface area contributed by atoms with Crippen molar-refractivity contribution in [1.82, 2.24) is 10.2 Å². The molecule has 1 atom stereocenters. The molecule has 0 saturated heterocycles. The summed E-state index contributed by atoms with van der Waals surface area (Å²) in [5.41, 5.74) is 0.747. The van der Waals surface area contributed by atoms with Crippen molar-refractivity contribution in [1.29, 1.82) is 0 Å². The molecule has 0 unspecified atom stereocenters. The molecular formula is C13H15N3O2S2. The summed E-state index contributed by atoms with van der Waals surface area (Å²) in [6.07, 6.45) is 0. The number of carbonyl (C=O) groups is 1. The molecule has 0 aliphatic heterocycles. The predicted octanol–water partition coefficient (Wildman–Crippen LogP) is 2.97. The first-order chi connectivity index (χ1) is 9.58. The van der Waals surface area contributed by atoms with Gasteiger partial charge in [-0.2, -0.15) is 0 Å². The molecule has 1 amide bonds. The first-order valence-corrected chi connectivity index (χ1v) is 7.70. The van der Waals surface area contributed by atoms with Crippen LogP contribution in [-0.4, -0.2) is 28.5 Å². The summed E-state index contributed by atoms with van der Waals surface area (Å²) in [5.74, 6) is 0.697. The summed E-state index contributed by atoms with van der Waals surface area (Å²) in [4.78, 5) is 12.1. The van der Waals surface area contributed by atoms with Gasteiger partial charge in [0.2, 0.25) is 5.91 Å². The molecule has 7 heteroatoms. The molecule has 1 heterocycles. The van der Waals surface area contributed by atoms with E-state index < -0.39 is 0 Å². The Morgan fingerprint density at radius 2 is 2.05 bits per heavy atom. The number of aryl methyl sites for hydroxylation is 1. The Labute approximate surface area is 125 Å². The van der Waals surface area contributed by atoms with Crippen LogP contribution in [0.25, 0.3) is 0 Å². The number of hydrogen-bond acceptors (Lipinski definition) is 6. The SMILES string of the molecule is COc1ccc(NC(=O)[C@H](C)Sc2nnc(C)s2)cc1. The highest BCUT2D eigenvalue weighted by molar-refractivity contribution is 8.02. The third-order valence-electron chi connectivity index (χ3n) is 2.51. The van der Waals surface area contributed by atoms with Gasteiger partial charge in [-0.15, -0.1) is 10.2 Å². The fraction of sp³-hybridized carbons (Fsp3) is 0.308. The van der Waals surface area contributed by atoms with E-state index in [0.717, 1.165) is 20.8 Å². The Kier molecular flexibility index (Phi) is 4.97. The van der Waals surface area contributed by atoms with Crippen molar-refractivity contribution < 1.29 is 9.53 Å². The van der Waals surface area contributed by atoms with E-state index in [1.165, 1.54) is 23.1 Å². The van der Waals surface area contributed by atoms with Gasteiger partial charge >= 0.3 is 0 Å². The van der Waals surface area contributed by atoms with Gasteiger partial charge in [0, 0.05) is 5.69 Å². The van der Waals surface area contributed by atoms with Crippen LogP contribution >= 0.6 is 23.1 Å². The molecular weight excluding hydrogens is 294 g/mol. The molecule has 0 radical (unpaired) electrons. The van der Waals surface area contributed by atoms with Crippen LogP contribution in [0.15, 0.2) is 28.6 Å². The molecule has 2 rings (SSSR count). The second-order valence-corrected chi connectivity index (χ2v) is 6.83. The lowest BCUT2D eigenvalue weighted by molar-refractivity contribution is -0.115. The fourth-order valence-electron chi connectivity index (χ4n) is 1.45. The average molecular weight is 309 g/mol. The zero-order valence-electron chi connectivity index (χ0n) is 11.4. The number of aromatic nitrogens is 2. The molecule has 0 saturated carbocycles. The lowest BCUT2D eigenvalue weighted by atomic mass is 10.3. The largest absolute Gasteiger partial charge is 0.497 e. The maximum Gasteiger partial charge on any atom is 0.237 e. The van der Waals surface area contributed by atoms with Gasteiger partial charge < -0.3 is 10.1 Å². The van der Waals surface area contributed by atoms with E-state index in [2.05, 4.69) is 15.5 Å². The quantitative estimate of drug-likeness (QED) is 0.860. The monoisotopic (exact) mass is 309 g/mol. The normalized spacial score (nSPS) is 11.9. The minimum absolute atomic E-state index is 0.0620. The number of methoxy groups -OCH3 is 1. The number of ether oxygens (including phenoxy) is 1. The van der Waals surface area contributed by atoms with Gasteiger partial charge in [-0.25, -0.2) is 0 Å². The second-order valence-electron chi connectivity index (χ2n) is 4.06.